The molecule has 2 aliphatic heterocycles. The predicted octanol–water partition coefficient (Wildman–Crippen LogP) is 3.41. The Balaban J connectivity index is 1.62. The van der Waals surface area contributed by atoms with E-state index in [4.69, 9.17) is 4.84 Å². The Labute approximate surface area is 159 Å². The maximum Gasteiger partial charge on any atom is 0.262 e. The van der Waals surface area contributed by atoms with E-state index in [0.29, 0.717) is 12.5 Å². The second-order valence-electron chi connectivity index (χ2n) is 7.66. The zero-order valence-corrected chi connectivity index (χ0v) is 15.6. The van der Waals surface area contributed by atoms with Gasteiger partial charge in [0.15, 0.2) is 6.10 Å². The number of hydroxylamine groups is 1. The molecule has 0 radical (unpaired) electrons. The van der Waals surface area contributed by atoms with E-state index in [0.717, 1.165) is 17.7 Å². The molecule has 2 heterocycles. The van der Waals surface area contributed by atoms with Crippen LogP contribution in [0.4, 0.5) is 5.69 Å². The molecule has 2 aromatic carbocycles. The smallest absolute Gasteiger partial charge is 0.262 e. The molecule has 0 aliphatic carbocycles. The summed E-state index contributed by atoms with van der Waals surface area (Å²) in [4.78, 5) is 33.6. The number of likely N-dealkylation sites (tertiary alicyclic amines) is 1. The third-order valence-corrected chi connectivity index (χ3v) is 5.24. The summed E-state index contributed by atoms with van der Waals surface area (Å²) in [6.45, 7) is 4.55. The number of benzene rings is 2. The van der Waals surface area contributed by atoms with Gasteiger partial charge < -0.3 is 0 Å². The lowest BCUT2D eigenvalue weighted by atomic mass is 9.90. The lowest BCUT2D eigenvalue weighted by Crippen LogP contribution is -2.40. The van der Waals surface area contributed by atoms with Gasteiger partial charge >= 0.3 is 0 Å². The van der Waals surface area contributed by atoms with Crippen LogP contribution in [0.25, 0.3) is 0 Å². The molecule has 2 fully saturated rings. The first-order valence-corrected chi connectivity index (χ1v) is 9.46. The molecule has 0 bridgehead atoms. The highest BCUT2D eigenvalue weighted by molar-refractivity contribution is 6.07. The third-order valence-electron chi connectivity index (χ3n) is 5.24. The van der Waals surface area contributed by atoms with E-state index in [1.165, 1.54) is 4.90 Å². The number of anilines is 1. The van der Waals surface area contributed by atoms with Gasteiger partial charge in [-0.2, -0.15) is 0 Å². The largest absolute Gasteiger partial charge is 0.275 e. The van der Waals surface area contributed by atoms with Crippen molar-refractivity contribution < 1.29 is 14.4 Å². The van der Waals surface area contributed by atoms with Crippen LogP contribution in [0, 0.1) is 11.8 Å². The molecule has 2 aromatic rings. The van der Waals surface area contributed by atoms with E-state index in [1.807, 2.05) is 60.7 Å². The van der Waals surface area contributed by atoms with Crippen LogP contribution in [-0.2, 0) is 21.0 Å². The standard InChI is InChI=1S/C22H24N2O3/c1-15(2)13-18-19-20(27-24(18)17-11-7-4-8-12-17)22(26)23(21(19)25)14-16-9-5-3-6-10-16/h3-12,15,18-20H,13-14H2,1-2H3. The Hall–Kier alpha value is -2.66. The average molecular weight is 364 g/mol. The summed E-state index contributed by atoms with van der Waals surface area (Å²) in [6.07, 6.45) is 0.0546. The van der Waals surface area contributed by atoms with Crippen LogP contribution in [0.5, 0.6) is 0 Å². The summed E-state index contributed by atoms with van der Waals surface area (Å²) in [5.74, 6) is -0.433. The van der Waals surface area contributed by atoms with E-state index in [9.17, 15) is 9.59 Å². The number of para-hydroxylation sites is 1. The van der Waals surface area contributed by atoms with Crippen LogP contribution in [-0.4, -0.2) is 28.9 Å². The van der Waals surface area contributed by atoms with Gasteiger partial charge in [0.2, 0.25) is 5.91 Å². The van der Waals surface area contributed by atoms with E-state index in [1.54, 1.807) is 5.06 Å². The zero-order valence-electron chi connectivity index (χ0n) is 15.6. The van der Waals surface area contributed by atoms with Gasteiger partial charge in [0.25, 0.3) is 5.91 Å². The molecular weight excluding hydrogens is 340 g/mol. The van der Waals surface area contributed by atoms with Crippen molar-refractivity contribution in [3.63, 3.8) is 0 Å². The molecule has 5 nitrogen and oxygen atoms in total. The summed E-state index contributed by atoms with van der Waals surface area (Å²) in [6, 6.07) is 19.2. The fourth-order valence-corrected chi connectivity index (χ4v) is 4.02. The second kappa shape index (κ2) is 7.16. The molecule has 0 N–H and O–H groups in total. The lowest BCUT2D eigenvalue weighted by molar-refractivity contribution is -0.143. The first kappa shape index (κ1) is 17.7. The Morgan fingerprint density at radius 1 is 0.926 bits per heavy atom. The summed E-state index contributed by atoms with van der Waals surface area (Å²) >= 11 is 0. The van der Waals surface area contributed by atoms with E-state index >= 15 is 0 Å². The van der Waals surface area contributed by atoms with Gasteiger partial charge in [0.1, 0.15) is 0 Å². The monoisotopic (exact) mass is 364 g/mol. The maximum atomic E-state index is 13.2. The summed E-state index contributed by atoms with van der Waals surface area (Å²) in [5.41, 5.74) is 1.83. The molecule has 3 atom stereocenters. The Morgan fingerprint density at radius 2 is 1.56 bits per heavy atom. The Kier molecular flexibility index (Phi) is 4.70. The number of hydrogen-bond acceptors (Lipinski definition) is 4. The molecule has 3 unspecified atom stereocenters. The molecular formula is C22H24N2O3. The molecule has 2 amide bonds. The van der Waals surface area contributed by atoms with Gasteiger partial charge in [-0.25, -0.2) is 5.06 Å². The molecule has 4 rings (SSSR count). The summed E-state index contributed by atoms with van der Waals surface area (Å²) < 4.78 is 0. The minimum Gasteiger partial charge on any atom is -0.275 e. The molecule has 0 aromatic heterocycles. The van der Waals surface area contributed by atoms with Crippen molar-refractivity contribution in [3.8, 4) is 0 Å². The quantitative estimate of drug-likeness (QED) is 0.763. The predicted molar refractivity (Wildman–Crippen MR) is 103 cm³/mol. The van der Waals surface area contributed by atoms with Crippen LogP contribution in [0.1, 0.15) is 25.8 Å². The Morgan fingerprint density at radius 3 is 2.19 bits per heavy atom. The van der Waals surface area contributed by atoms with Crippen molar-refractivity contribution in [2.45, 2.75) is 39.0 Å². The number of imide groups is 1. The summed E-state index contributed by atoms with van der Waals surface area (Å²) in [7, 11) is 0. The topological polar surface area (TPSA) is 49.9 Å². The summed E-state index contributed by atoms with van der Waals surface area (Å²) in [5, 5.41) is 1.78. The molecule has 2 aliphatic rings. The number of hydrogen-bond donors (Lipinski definition) is 0. The highest BCUT2D eigenvalue weighted by Gasteiger charge is 2.59. The van der Waals surface area contributed by atoms with E-state index in [2.05, 4.69) is 13.8 Å². The molecule has 2 saturated heterocycles. The highest BCUT2D eigenvalue weighted by Crippen LogP contribution is 2.41. The minimum absolute atomic E-state index is 0.127. The number of carbonyl (C=O) groups excluding carboxylic acids is 2. The van der Waals surface area contributed by atoms with Crippen molar-refractivity contribution >= 4 is 17.5 Å². The maximum absolute atomic E-state index is 13.2. The molecule has 0 saturated carbocycles. The first-order valence-electron chi connectivity index (χ1n) is 9.46. The van der Waals surface area contributed by atoms with E-state index < -0.39 is 12.0 Å². The number of carbonyl (C=O) groups is 2. The molecule has 0 spiro atoms. The van der Waals surface area contributed by atoms with Gasteiger partial charge in [-0.3, -0.25) is 19.3 Å². The van der Waals surface area contributed by atoms with Crippen molar-refractivity contribution in [1.82, 2.24) is 4.90 Å². The Bertz CT molecular complexity index is 822. The molecule has 140 valence electrons. The first-order chi connectivity index (χ1) is 13.1. The normalized spacial score (nSPS) is 24.8. The number of nitrogens with zero attached hydrogens (tertiary/aromatic N) is 2. The number of fused-ring (bicyclic) bond motifs is 1. The van der Waals surface area contributed by atoms with Crippen molar-refractivity contribution in [2.75, 3.05) is 5.06 Å². The van der Waals surface area contributed by atoms with Gasteiger partial charge in [0.05, 0.1) is 24.2 Å². The minimum atomic E-state index is -0.731. The van der Waals surface area contributed by atoms with Crippen LogP contribution in [0.15, 0.2) is 60.7 Å². The van der Waals surface area contributed by atoms with Gasteiger partial charge in [0, 0.05) is 0 Å². The third kappa shape index (κ3) is 3.23. The second-order valence-corrected chi connectivity index (χ2v) is 7.66. The van der Waals surface area contributed by atoms with Crippen molar-refractivity contribution in [2.24, 2.45) is 11.8 Å². The van der Waals surface area contributed by atoms with Gasteiger partial charge in [-0.05, 0) is 30.0 Å². The van der Waals surface area contributed by atoms with Gasteiger partial charge in [-0.15, -0.1) is 0 Å². The fourth-order valence-electron chi connectivity index (χ4n) is 4.02. The van der Waals surface area contributed by atoms with Crippen LogP contribution in [0.3, 0.4) is 0 Å². The van der Waals surface area contributed by atoms with E-state index in [-0.39, 0.29) is 17.9 Å². The fraction of sp³-hybridized carbons (Fsp3) is 0.364. The van der Waals surface area contributed by atoms with Crippen molar-refractivity contribution in [1.29, 1.82) is 0 Å². The van der Waals surface area contributed by atoms with Crippen molar-refractivity contribution in [3.05, 3.63) is 66.2 Å². The highest BCUT2D eigenvalue weighted by atomic mass is 16.7. The van der Waals surface area contributed by atoms with Crippen LogP contribution >= 0.6 is 0 Å². The SMILES string of the molecule is CC(C)CC1C2C(=O)N(Cc3ccccc3)C(=O)C2ON1c1ccccc1. The van der Waals surface area contributed by atoms with Gasteiger partial charge in [-0.1, -0.05) is 62.4 Å². The molecule has 5 heteroatoms. The van der Waals surface area contributed by atoms with Crippen LogP contribution in [0.2, 0.25) is 0 Å². The number of rotatable bonds is 5. The average Bonchev–Trinajstić information content (AvgIpc) is 3.15. The van der Waals surface area contributed by atoms with Crippen LogP contribution < -0.4 is 5.06 Å². The lowest BCUT2D eigenvalue weighted by Gasteiger charge is -2.29. The number of amides is 2. The molecule has 27 heavy (non-hydrogen) atoms. The zero-order chi connectivity index (χ0) is 19.0.